The van der Waals surface area contributed by atoms with Crippen LogP contribution in [0.1, 0.15) is 58.0 Å². The standard InChI is InChI=1S/C29H31ClFN7O/c1-29(2)13-20(9-10-39-29)34-26-18(14-32)15-33-28-23(26)11-21(12-24(28)30)35-27(17-3-5-19(31)6-4-17)25-16-38(37-36-25)22-7-8-22/h3-6,11-12,15-16,20,22,27,35-37H,7-10,13H2,1-2H3,(H,33,34)/i27D. The number of hydrogen-bond acceptors (Lipinski definition) is 8. The fourth-order valence-corrected chi connectivity index (χ4v) is 5.46. The fourth-order valence-electron chi connectivity index (χ4n) is 5.19. The van der Waals surface area contributed by atoms with Gasteiger partial charge >= 0.3 is 0 Å². The number of rotatable bonds is 7. The Bertz CT molecular complexity index is 1520. The molecule has 2 unspecified atom stereocenters. The van der Waals surface area contributed by atoms with Crippen LogP contribution >= 0.6 is 11.6 Å². The van der Waals surface area contributed by atoms with Crippen molar-refractivity contribution in [1.29, 1.82) is 5.26 Å². The molecule has 0 amide bonds. The SMILES string of the molecule is [2H]C(Nc1cc(Cl)c2ncc(C#N)c(NC3CCOC(C)(C)C3)c2c1)(C1=CN(C2CC2)NN1)c1ccc(F)cc1. The van der Waals surface area contributed by atoms with E-state index < -0.39 is 6.02 Å². The molecule has 8 nitrogen and oxygen atoms in total. The van der Waals surface area contributed by atoms with Crippen LogP contribution in [0.3, 0.4) is 0 Å². The lowest BCUT2D eigenvalue weighted by Gasteiger charge is -2.36. The molecule has 2 aliphatic heterocycles. The van der Waals surface area contributed by atoms with Gasteiger partial charge in [0.2, 0.25) is 0 Å². The third-order valence-corrected chi connectivity index (χ3v) is 7.58. The predicted octanol–water partition coefficient (Wildman–Crippen LogP) is 5.75. The highest BCUT2D eigenvalue weighted by Crippen LogP contribution is 2.38. The second-order valence-electron chi connectivity index (χ2n) is 10.9. The maximum Gasteiger partial charge on any atom is 0.123 e. The maximum atomic E-state index is 13.8. The second-order valence-corrected chi connectivity index (χ2v) is 11.3. The van der Waals surface area contributed by atoms with Crippen molar-refractivity contribution >= 4 is 33.9 Å². The normalized spacial score (nSPS) is 22.3. The number of fused-ring (bicyclic) bond motifs is 1. The molecular formula is C29H31ClFN7O. The van der Waals surface area contributed by atoms with Crippen molar-refractivity contribution in [2.45, 2.75) is 63.2 Å². The summed E-state index contributed by atoms with van der Waals surface area (Å²) in [5.74, 6) is -0.381. The number of benzene rings is 2. The minimum absolute atomic E-state index is 0.0960. The number of nitrogens with one attached hydrogen (secondary N) is 4. The number of halogens is 2. The zero-order valence-corrected chi connectivity index (χ0v) is 22.6. The Morgan fingerprint density at radius 3 is 2.79 bits per heavy atom. The molecule has 1 saturated heterocycles. The van der Waals surface area contributed by atoms with Gasteiger partial charge in [-0.15, -0.1) is 5.53 Å². The number of ether oxygens (including phenoxy) is 1. The third kappa shape index (κ3) is 5.46. The van der Waals surface area contributed by atoms with Crippen molar-refractivity contribution in [2.24, 2.45) is 0 Å². The van der Waals surface area contributed by atoms with Crippen molar-refractivity contribution in [3.8, 4) is 6.07 Å². The van der Waals surface area contributed by atoms with Crippen LogP contribution < -0.4 is 21.6 Å². The zero-order chi connectivity index (χ0) is 28.1. The van der Waals surface area contributed by atoms with Gasteiger partial charge in [-0.25, -0.2) is 4.39 Å². The second kappa shape index (κ2) is 10.2. The number of nitriles is 1. The Kier molecular flexibility index (Phi) is 6.39. The van der Waals surface area contributed by atoms with Gasteiger partial charge in [0.25, 0.3) is 0 Å². The van der Waals surface area contributed by atoms with Crippen LogP contribution in [0.25, 0.3) is 10.9 Å². The van der Waals surface area contributed by atoms with Gasteiger partial charge in [0.1, 0.15) is 11.9 Å². The van der Waals surface area contributed by atoms with E-state index in [2.05, 4.69) is 46.5 Å². The predicted molar refractivity (Wildman–Crippen MR) is 150 cm³/mol. The van der Waals surface area contributed by atoms with Gasteiger partial charge in [-0.2, -0.15) is 5.26 Å². The molecule has 3 aromatic rings. The lowest BCUT2D eigenvalue weighted by Crippen LogP contribution is -2.40. The Morgan fingerprint density at radius 2 is 2.08 bits per heavy atom. The first-order valence-corrected chi connectivity index (χ1v) is 13.5. The maximum absolute atomic E-state index is 13.8. The molecule has 0 radical (unpaired) electrons. The van der Waals surface area contributed by atoms with Gasteiger partial charge in [-0.3, -0.25) is 9.99 Å². The van der Waals surface area contributed by atoms with Crippen molar-refractivity contribution < 1.29 is 10.5 Å². The highest BCUT2D eigenvalue weighted by Gasteiger charge is 2.33. The minimum Gasteiger partial charge on any atom is -0.380 e. The first-order chi connectivity index (χ1) is 19.1. The van der Waals surface area contributed by atoms with E-state index in [4.69, 9.17) is 16.3 Å². The van der Waals surface area contributed by atoms with E-state index in [0.717, 1.165) is 25.7 Å². The summed E-state index contributed by atoms with van der Waals surface area (Å²) in [6, 6.07) is 10.7. The minimum atomic E-state index is -1.51. The van der Waals surface area contributed by atoms with Gasteiger partial charge in [0.05, 0.1) is 40.5 Å². The summed E-state index contributed by atoms with van der Waals surface area (Å²) in [5, 5.41) is 19.9. The average Bonchev–Trinajstić information content (AvgIpc) is 3.64. The van der Waals surface area contributed by atoms with E-state index in [1.165, 1.54) is 18.3 Å². The van der Waals surface area contributed by atoms with Gasteiger partial charge in [0.15, 0.2) is 0 Å². The third-order valence-electron chi connectivity index (χ3n) is 7.29. The van der Waals surface area contributed by atoms with Crippen molar-refractivity contribution in [2.75, 3.05) is 17.2 Å². The Balaban J connectivity index is 1.41. The first kappa shape index (κ1) is 24.5. The lowest BCUT2D eigenvalue weighted by atomic mass is 9.93. The summed E-state index contributed by atoms with van der Waals surface area (Å²) in [7, 11) is 0. The Hall–Kier alpha value is -3.58. The van der Waals surface area contributed by atoms with Gasteiger partial charge < -0.3 is 20.8 Å². The fraction of sp³-hybridized carbons (Fsp3) is 0.379. The van der Waals surface area contributed by atoms with Gasteiger partial charge in [-0.05, 0) is 69.4 Å². The van der Waals surface area contributed by atoms with E-state index >= 15 is 0 Å². The Morgan fingerprint density at radius 1 is 1.28 bits per heavy atom. The number of anilines is 2. The molecule has 0 bridgehead atoms. The molecule has 39 heavy (non-hydrogen) atoms. The van der Waals surface area contributed by atoms with Crippen LogP contribution in [0.4, 0.5) is 15.8 Å². The average molecular weight is 549 g/mol. The van der Waals surface area contributed by atoms with E-state index in [9.17, 15) is 11.0 Å². The van der Waals surface area contributed by atoms with E-state index in [-0.39, 0.29) is 17.5 Å². The van der Waals surface area contributed by atoms with Crippen LogP contribution in [0.15, 0.2) is 54.5 Å². The van der Waals surface area contributed by atoms with Crippen LogP contribution in [-0.2, 0) is 4.74 Å². The molecule has 10 heteroatoms. The van der Waals surface area contributed by atoms with Crippen LogP contribution in [0.5, 0.6) is 0 Å². The highest BCUT2D eigenvalue weighted by atomic mass is 35.5. The molecule has 2 aromatic carbocycles. The quantitative estimate of drug-likeness (QED) is 0.296. The summed E-state index contributed by atoms with van der Waals surface area (Å²) < 4.78 is 29.3. The van der Waals surface area contributed by atoms with Crippen LogP contribution in [-0.4, -0.2) is 34.3 Å². The molecule has 3 heterocycles. The summed E-state index contributed by atoms with van der Waals surface area (Å²) in [6.07, 6.45) is 7.13. The summed E-state index contributed by atoms with van der Waals surface area (Å²) >= 11 is 6.75. The van der Waals surface area contributed by atoms with Gasteiger partial charge in [0, 0.05) is 42.2 Å². The number of hydrogen-bond donors (Lipinski definition) is 4. The van der Waals surface area contributed by atoms with Crippen LogP contribution in [0, 0.1) is 17.1 Å². The topological polar surface area (TPSA) is 97.3 Å². The molecule has 0 spiro atoms. The first-order valence-electron chi connectivity index (χ1n) is 13.6. The molecule has 202 valence electrons. The molecule has 2 fully saturated rings. The van der Waals surface area contributed by atoms with E-state index in [0.29, 0.717) is 56.8 Å². The van der Waals surface area contributed by atoms with Gasteiger partial charge in [-0.1, -0.05) is 23.7 Å². The monoisotopic (exact) mass is 548 g/mol. The Labute approximate surface area is 233 Å². The van der Waals surface area contributed by atoms with Crippen LogP contribution in [0.2, 0.25) is 5.02 Å². The lowest BCUT2D eigenvalue weighted by molar-refractivity contribution is -0.0553. The van der Waals surface area contributed by atoms with Crippen molar-refractivity contribution in [3.05, 3.63) is 76.5 Å². The number of hydrazine groups is 2. The summed E-state index contributed by atoms with van der Waals surface area (Å²) in [4.78, 5) is 4.48. The largest absolute Gasteiger partial charge is 0.380 e. The summed E-state index contributed by atoms with van der Waals surface area (Å²) in [6.45, 7) is 4.74. The number of pyridine rings is 1. The van der Waals surface area contributed by atoms with Crippen molar-refractivity contribution in [3.63, 3.8) is 0 Å². The number of aromatic nitrogens is 1. The summed E-state index contributed by atoms with van der Waals surface area (Å²) in [5.41, 5.74) is 9.22. The highest BCUT2D eigenvalue weighted by molar-refractivity contribution is 6.35. The molecule has 6 rings (SSSR count). The molecule has 1 saturated carbocycles. The molecule has 1 aliphatic carbocycles. The smallest absolute Gasteiger partial charge is 0.123 e. The van der Waals surface area contributed by atoms with E-state index in [1.54, 1.807) is 18.2 Å². The molecule has 3 aliphatic rings. The molecule has 1 aromatic heterocycles. The van der Waals surface area contributed by atoms with Crippen molar-refractivity contribution in [1.82, 2.24) is 21.0 Å². The number of nitrogens with zero attached hydrogens (tertiary/aromatic N) is 3. The molecule has 2 atom stereocenters. The zero-order valence-electron chi connectivity index (χ0n) is 22.8. The molecule has 4 N–H and O–H groups in total. The van der Waals surface area contributed by atoms with E-state index in [1.807, 2.05) is 17.3 Å². The molecular weight excluding hydrogens is 517 g/mol.